The minimum Gasteiger partial charge on any atom is -0.372 e. The molecule has 1 saturated carbocycles. The van der Waals surface area contributed by atoms with Gasteiger partial charge in [-0.05, 0) is 38.7 Å². The lowest BCUT2D eigenvalue weighted by Crippen LogP contribution is -2.51. The van der Waals surface area contributed by atoms with Crippen LogP contribution in [0.15, 0.2) is 0 Å². The maximum atomic E-state index is 12.7. The summed E-state index contributed by atoms with van der Waals surface area (Å²) in [6.07, 6.45) is 4.82. The van der Waals surface area contributed by atoms with Crippen LogP contribution >= 0.6 is 0 Å². The predicted octanol–water partition coefficient (Wildman–Crippen LogP) is 1.32. The fourth-order valence-corrected chi connectivity index (χ4v) is 4.08. The van der Waals surface area contributed by atoms with Crippen LogP contribution in [0.1, 0.15) is 49.6 Å². The van der Waals surface area contributed by atoms with Crippen LogP contribution in [0.4, 0.5) is 0 Å². The minimum absolute atomic E-state index is 0.133. The van der Waals surface area contributed by atoms with Crippen molar-refractivity contribution in [1.82, 2.24) is 20.0 Å². The van der Waals surface area contributed by atoms with Crippen molar-refractivity contribution in [3.63, 3.8) is 0 Å². The monoisotopic (exact) mass is 332 g/mol. The molecular formula is C18H28N4O2. The Hall–Kier alpha value is -1.40. The van der Waals surface area contributed by atoms with Gasteiger partial charge in [0.1, 0.15) is 0 Å². The second-order valence-corrected chi connectivity index (χ2v) is 7.67. The number of fused-ring (bicyclic) bond motifs is 1. The predicted molar refractivity (Wildman–Crippen MR) is 91.0 cm³/mol. The zero-order valence-electron chi connectivity index (χ0n) is 14.8. The Morgan fingerprint density at radius 1 is 1.21 bits per heavy atom. The van der Waals surface area contributed by atoms with Gasteiger partial charge in [-0.1, -0.05) is 0 Å². The first kappa shape index (κ1) is 16.1. The Labute approximate surface area is 143 Å². The summed E-state index contributed by atoms with van der Waals surface area (Å²) >= 11 is 0. The first-order valence-corrected chi connectivity index (χ1v) is 9.31. The average Bonchev–Trinajstić information content (AvgIpc) is 3.33. The molecule has 1 aromatic rings. The Morgan fingerprint density at radius 2 is 1.92 bits per heavy atom. The van der Waals surface area contributed by atoms with Crippen molar-refractivity contribution in [2.45, 2.75) is 57.7 Å². The van der Waals surface area contributed by atoms with Crippen LogP contribution in [0.3, 0.4) is 0 Å². The molecule has 132 valence electrons. The summed E-state index contributed by atoms with van der Waals surface area (Å²) in [7, 11) is 0. The van der Waals surface area contributed by atoms with E-state index in [0.29, 0.717) is 25.6 Å². The Balaban J connectivity index is 1.35. The van der Waals surface area contributed by atoms with Gasteiger partial charge in [0.05, 0.1) is 24.4 Å². The second kappa shape index (κ2) is 6.48. The fraction of sp³-hybridized carbons (Fsp3) is 0.778. The number of carbonyl (C=O) groups is 1. The largest absolute Gasteiger partial charge is 0.372 e. The molecule has 1 aromatic heterocycles. The molecule has 2 atom stereocenters. The van der Waals surface area contributed by atoms with Crippen LogP contribution in [0.2, 0.25) is 0 Å². The zero-order valence-corrected chi connectivity index (χ0v) is 14.8. The molecule has 1 saturated heterocycles. The van der Waals surface area contributed by atoms with E-state index in [1.165, 1.54) is 29.8 Å². The third kappa shape index (κ3) is 3.35. The van der Waals surface area contributed by atoms with Crippen LogP contribution in [0.25, 0.3) is 0 Å². The van der Waals surface area contributed by atoms with Crippen molar-refractivity contribution in [2.24, 2.45) is 0 Å². The Bertz CT molecular complexity index is 600. The number of H-pyrrole nitrogens is 1. The number of nitrogens with zero attached hydrogens (tertiary/aromatic N) is 3. The van der Waals surface area contributed by atoms with E-state index in [9.17, 15) is 4.79 Å². The zero-order chi connectivity index (χ0) is 16.7. The number of morpholine rings is 1. The average molecular weight is 332 g/mol. The highest BCUT2D eigenvalue weighted by molar-refractivity contribution is 5.78. The van der Waals surface area contributed by atoms with Gasteiger partial charge in [0, 0.05) is 44.2 Å². The molecule has 6 heteroatoms. The molecule has 0 spiro atoms. The summed E-state index contributed by atoms with van der Waals surface area (Å²) in [6.45, 7) is 7.92. The van der Waals surface area contributed by atoms with Gasteiger partial charge < -0.3 is 9.64 Å². The number of hydrogen-bond donors (Lipinski definition) is 1. The summed E-state index contributed by atoms with van der Waals surface area (Å²) < 4.78 is 5.73. The number of amides is 1. The molecular weight excluding hydrogens is 304 g/mol. The van der Waals surface area contributed by atoms with E-state index in [4.69, 9.17) is 4.74 Å². The number of carbonyl (C=O) groups excluding carboxylic acids is 1. The van der Waals surface area contributed by atoms with Gasteiger partial charge in [-0.15, -0.1) is 0 Å². The van der Waals surface area contributed by atoms with Gasteiger partial charge in [-0.25, -0.2) is 0 Å². The summed E-state index contributed by atoms with van der Waals surface area (Å²) in [5, 5.41) is 7.79. The molecule has 0 aromatic carbocycles. The molecule has 2 fully saturated rings. The van der Waals surface area contributed by atoms with Crippen molar-refractivity contribution in [3.8, 4) is 0 Å². The molecule has 1 aliphatic carbocycles. The Morgan fingerprint density at radius 3 is 2.62 bits per heavy atom. The van der Waals surface area contributed by atoms with Crippen molar-refractivity contribution in [2.75, 3.05) is 32.7 Å². The molecule has 0 unspecified atom stereocenters. The minimum atomic E-state index is 0.133. The molecule has 3 heterocycles. The molecule has 1 N–H and O–H groups in total. The number of aromatic amines is 1. The third-order valence-corrected chi connectivity index (χ3v) is 5.44. The number of rotatable bonds is 3. The highest BCUT2D eigenvalue weighted by atomic mass is 16.5. The first-order valence-electron chi connectivity index (χ1n) is 9.31. The summed E-state index contributed by atoms with van der Waals surface area (Å²) in [5.41, 5.74) is 4.02. The lowest BCUT2D eigenvalue weighted by Gasteiger charge is -2.36. The lowest BCUT2D eigenvalue weighted by molar-refractivity contribution is -0.144. The third-order valence-electron chi connectivity index (χ3n) is 5.44. The van der Waals surface area contributed by atoms with Crippen molar-refractivity contribution < 1.29 is 9.53 Å². The molecule has 2 aliphatic heterocycles. The van der Waals surface area contributed by atoms with Gasteiger partial charge >= 0.3 is 0 Å². The second-order valence-electron chi connectivity index (χ2n) is 7.67. The van der Waals surface area contributed by atoms with Crippen LogP contribution in [0.5, 0.6) is 0 Å². The topological polar surface area (TPSA) is 61.5 Å². The SMILES string of the molecule is C[C@@H]1CN(C(=O)CN2CCc3[nH]nc(C4CC4)c3CC2)C[C@H](C)O1. The highest BCUT2D eigenvalue weighted by Crippen LogP contribution is 2.41. The van der Waals surface area contributed by atoms with Crippen LogP contribution in [0, 0.1) is 0 Å². The highest BCUT2D eigenvalue weighted by Gasteiger charge is 2.32. The molecule has 1 amide bonds. The Kier molecular flexibility index (Phi) is 4.35. The van der Waals surface area contributed by atoms with Crippen LogP contribution in [-0.4, -0.2) is 70.8 Å². The maximum absolute atomic E-state index is 12.7. The lowest BCUT2D eigenvalue weighted by atomic mass is 10.1. The molecule has 4 rings (SSSR count). The normalized spacial score (nSPS) is 28.5. The molecule has 0 radical (unpaired) electrons. The van der Waals surface area contributed by atoms with Crippen molar-refractivity contribution in [1.29, 1.82) is 0 Å². The van der Waals surface area contributed by atoms with Crippen LogP contribution in [-0.2, 0) is 22.4 Å². The first-order chi connectivity index (χ1) is 11.6. The quantitative estimate of drug-likeness (QED) is 0.907. The van der Waals surface area contributed by atoms with E-state index in [2.05, 4.69) is 15.1 Å². The summed E-state index contributed by atoms with van der Waals surface area (Å²) in [4.78, 5) is 17.0. The van der Waals surface area contributed by atoms with E-state index in [1.807, 2.05) is 18.7 Å². The fourth-order valence-electron chi connectivity index (χ4n) is 4.08. The number of nitrogens with one attached hydrogen (secondary N) is 1. The molecule has 24 heavy (non-hydrogen) atoms. The standard InChI is InChI=1S/C18H28N4O2/c1-12-9-22(10-13(2)24-12)17(23)11-21-7-5-15-16(6-8-21)19-20-18(15)14-3-4-14/h12-14H,3-11H2,1-2H3,(H,19,20)/t12-,13+. The molecule has 3 aliphatic rings. The van der Waals surface area contributed by atoms with Crippen LogP contribution < -0.4 is 0 Å². The maximum Gasteiger partial charge on any atom is 0.236 e. The van der Waals surface area contributed by atoms with Crippen molar-refractivity contribution in [3.05, 3.63) is 17.0 Å². The van der Waals surface area contributed by atoms with E-state index in [1.54, 1.807) is 0 Å². The molecule has 6 nitrogen and oxygen atoms in total. The van der Waals surface area contributed by atoms with Gasteiger partial charge in [0.15, 0.2) is 0 Å². The van der Waals surface area contributed by atoms with E-state index < -0.39 is 0 Å². The van der Waals surface area contributed by atoms with E-state index in [-0.39, 0.29) is 18.1 Å². The van der Waals surface area contributed by atoms with E-state index >= 15 is 0 Å². The van der Waals surface area contributed by atoms with Gasteiger partial charge in [-0.2, -0.15) is 5.10 Å². The summed E-state index contributed by atoms with van der Waals surface area (Å²) in [5.74, 6) is 0.928. The number of hydrogen-bond acceptors (Lipinski definition) is 4. The number of aromatic nitrogens is 2. The number of ether oxygens (including phenoxy) is 1. The summed E-state index contributed by atoms with van der Waals surface area (Å²) in [6, 6.07) is 0. The van der Waals surface area contributed by atoms with E-state index in [0.717, 1.165) is 25.9 Å². The van der Waals surface area contributed by atoms with Crippen molar-refractivity contribution >= 4 is 5.91 Å². The van der Waals surface area contributed by atoms with Gasteiger partial charge in [-0.3, -0.25) is 14.8 Å². The molecule has 0 bridgehead atoms. The van der Waals surface area contributed by atoms with Gasteiger partial charge in [0.2, 0.25) is 5.91 Å². The van der Waals surface area contributed by atoms with Gasteiger partial charge in [0.25, 0.3) is 0 Å². The smallest absolute Gasteiger partial charge is 0.236 e.